The summed E-state index contributed by atoms with van der Waals surface area (Å²) in [4.78, 5) is 11.4. The van der Waals surface area contributed by atoms with Crippen LogP contribution in [0.3, 0.4) is 0 Å². The van der Waals surface area contributed by atoms with Crippen molar-refractivity contribution >= 4 is 6.09 Å². The lowest BCUT2D eigenvalue weighted by molar-refractivity contribution is 0.0532. The molecule has 0 aliphatic carbocycles. The lowest BCUT2D eigenvalue weighted by Crippen LogP contribution is -2.33. The highest BCUT2D eigenvalue weighted by Gasteiger charge is 2.16. The van der Waals surface area contributed by atoms with Crippen molar-refractivity contribution in [3.63, 3.8) is 0 Å². The zero-order chi connectivity index (χ0) is 15.2. The van der Waals surface area contributed by atoms with E-state index in [4.69, 9.17) is 4.74 Å². The Labute approximate surface area is 117 Å². The highest BCUT2D eigenvalue weighted by Crippen LogP contribution is 2.11. The second-order valence-corrected chi connectivity index (χ2v) is 5.43. The van der Waals surface area contributed by atoms with Crippen molar-refractivity contribution in [1.29, 1.82) is 0 Å². The zero-order valence-corrected chi connectivity index (χ0v) is 11.9. The van der Waals surface area contributed by atoms with Gasteiger partial charge >= 0.3 is 6.09 Å². The maximum absolute atomic E-state index is 13.0. The average Bonchev–Trinajstić information content (AvgIpc) is 2.32. The molecule has 0 radical (unpaired) electrons. The maximum Gasteiger partial charge on any atom is 0.407 e. The molecule has 0 aliphatic heterocycles. The van der Waals surface area contributed by atoms with Crippen LogP contribution in [-0.2, 0) is 11.2 Å². The number of alkyl carbamates (subject to hydrolysis) is 1. The standard InChI is InChI=1S/C15H19F2NO2/c1-15(2,3)20-14(19)18-10-12(9-16)7-11-5-4-6-13(17)8-11/h4-6,8-9H,7,10H2,1-3H3,(H,18,19). The number of benzene rings is 1. The van der Waals surface area contributed by atoms with E-state index in [1.807, 2.05) is 0 Å². The molecule has 1 aromatic carbocycles. The van der Waals surface area contributed by atoms with Gasteiger partial charge in [-0.05, 0) is 50.5 Å². The van der Waals surface area contributed by atoms with E-state index in [2.05, 4.69) is 5.32 Å². The Kier molecular flexibility index (Phi) is 5.67. The van der Waals surface area contributed by atoms with E-state index < -0.39 is 11.7 Å². The monoisotopic (exact) mass is 283 g/mol. The van der Waals surface area contributed by atoms with Crippen LogP contribution in [0.2, 0.25) is 0 Å². The Bertz CT molecular complexity index is 493. The van der Waals surface area contributed by atoms with Crippen molar-refractivity contribution in [2.24, 2.45) is 0 Å². The van der Waals surface area contributed by atoms with Gasteiger partial charge in [0.1, 0.15) is 11.4 Å². The smallest absolute Gasteiger partial charge is 0.407 e. The second kappa shape index (κ2) is 7.03. The first-order chi connectivity index (χ1) is 9.30. The summed E-state index contributed by atoms with van der Waals surface area (Å²) in [5.74, 6) is -0.374. The van der Waals surface area contributed by atoms with Crippen LogP contribution in [0.5, 0.6) is 0 Å². The molecular weight excluding hydrogens is 264 g/mol. The fraction of sp³-hybridized carbons (Fsp3) is 0.400. The van der Waals surface area contributed by atoms with Gasteiger partial charge in [0.25, 0.3) is 0 Å². The minimum absolute atomic E-state index is 0.0158. The summed E-state index contributed by atoms with van der Waals surface area (Å²) in [5, 5.41) is 2.46. The Hall–Kier alpha value is -1.91. The number of carbonyl (C=O) groups excluding carboxylic acids is 1. The predicted octanol–water partition coefficient (Wildman–Crippen LogP) is 3.75. The molecular formula is C15H19F2NO2. The highest BCUT2D eigenvalue weighted by atomic mass is 19.1. The minimum atomic E-state index is -0.615. The second-order valence-electron chi connectivity index (χ2n) is 5.43. The molecule has 0 atom stereocenters. The third-order valence-corrected chi connectivity index (χ3v) is 2.33. The lowest BCUT2D eigenvalue weighted by atomic mass is 10.1. The molecule has 1 rings (SSSR count). The SMILES string of the molecule is CC(C)(C)OC(=O)NCC(=CF)Cc1cccc(F)c1. The Balaban J connectivity index is 2.51. The van der Waals surface area contributed by atoms with Crippen LogP contribution in [0.4, 0.5) is 13.6 Å². The Morgan fingerprint density at radius 1 is 1.40 bits per heavy atom. The van der Waals surface area contributed by atoms with Crippen molar-refractivity contribution in [3.8, 4) is 0 Å². The fourth-order valence-corrected chi connectivity index (χ4v) is 1.55. The van der Waals surface area contributed by atoms with Crippen LogP contribution in [0, 0.1) is 5.82 Å². The number of ether oxygens (including phenoxy) is 1. The maximum atomic E-state index is 13.0. The van der Waals surface area contributed by atoms with Crippen LogP contribution in [0.25, 0.3) is 0 Å². The largest absolute Gasteiger partial charge is 0.444 e. The van der Waals surface area contributed by atoms with Gasteiger partial charge in [0, 0.05) is 6.54 Å². The summed E-state index contributed by atoms with van der Waals surface area (Å²) >= 11 is 0. The number of halogens is 2. The first-order valence-electron chi connectivity index (χ1n) is 6.29. The van der Waals surface area contributed by atoms with Gasteiger partial charge in [0.15, 0.2) is 0 Å². The topological polar surface area (TPSA) is 38.3 Å². The number of carbonyl (C=O) groups is 1. The molecule has 3 nitrogen and oxygen atoms in total. The van der Waals surface area contributed by atoms with Crippen LogP contribution in [-0.4, -0.2) is 18.2 Å². The van der Waals surface area contributed by atoms with Gasteiger partial charge in [-0.1, -0.05) is 12.1 Å². The van der Waals surface area contributed by atoms with Gasteiger partial charge in [0.2, 0.25) is 0 Å². The summed E-state index contributed by atoms with van der Waals surface area (Å²) in [6.07, 6.45) is 0.0304. The van der Waals surface area contributed by atoms with Gasteiger partial charge in [-0.2, -0.15) is 0 Å². The van der Waals surface area contributed by atoms with Gasteiger partial charge in [-0.15, -0.1) is 0 Å². The molecule has 0 saturated heterocycles. The molecule has 1 aromatic rings. The third-order valence-electron chi connectivity index (χ3n) is 2.33. The van der Waals surface area contributed by atoms with Crippen LogP contribution >= 0.6 is 0 Å². The number of rotatable bonds is 4. The lowest BCUT2D eigenvalue weighted by Gasteiger charge is -2.20. The molecule has 110 valence electrons. The van der Waals surface area contributed by atoms with E-state index in [1.165, 1.54) is 12.1 Å². The first-order valence-corrected chi connectivity index (χ1v) is 6.29. The van der Waals surface area contributed by atoms with E-state index in [-0.39, 0.29) is 18.8 Å². The molecule has 0 aliphatic rings. The number of hydrogen-bond acceptors (Lipinski definition) is 2. The summed E-state index contributed by atoms with van der Waals surface area (Å²) < 4.78 is 30.8. The summed E-state index contributed by atoms with van der Waals surface area (Å²) in [6.45, 7) is 5.24. The molecule has 0 aromatic heterocycles. The average molecular weight is 283 g/mol. The van der Waals surface area contributed by atoms with E-state index in [1.54, 1.807) is 32.9 Å². The molecule has 0 bridgehead atoms. The van der Waals surface area contributed by atoms with E-state index in [0.29, 0.717) is 17.5 Å². The summed E-state index contributed by atoms with van der Waals surface area (Å²) in [5.41, 5.74) is 0.369. The van der Waals surface area contributed by atoms with Gasteiger partial charge < -0.3 is 10.1 Å². The van der Waals surface area contributed by atoms with Crippen molar-refractivity contribution in [2.75, 3.05) is 6.54 Å². The van der Waals surface area contributed by atoms with Gasteiger partial charge in [0.05, 0.1) is 6.33 Å². The van der Waals surface area contributed by atoms with E-state index in [9.17, 15) is 13.6 Å². The zero-order valence-electron chi connectivity index (χ0n) is 11.9. The van der Waals surface area contributed by atoms with Crippen molar-refractivity contribution in [1.82, 2.24) is 5.32 Å². The van der Waals surface area contributed by atoms with Crippen LogP contribution < -0.4 is 5.32 Å². The van der Waals surface area contributed by atoms with E-state index in [0.717, 1.165) is 0 Å². The molecule has 0 heterocycles. The van der Waals surface area contributed by atoms with Gasteiger partial charge in [-0.3, -0.25) is 0 Å². The Morgan fingerprint density at radius 2 is 2.10 bits per heavy atom. The summed E-state index contributed by atoms with van der Waals surface area (Å²) in [6, 6.07) is 5.90. The van der Waals surface area contributed by atoms with Crippen molar-refractivity contribution in [2.45, 2.75) is 32.8 Å². The van der Waals surface area contributed by atoms with Crippen molar-refractivity contribution < 1.29 is 18.3 Å². The highest BCUT2D eigenvalue weighted by molar-refractivity contribution is 5.68. The molecule has 1 amide bonds. The number of hydrogen-bond donors (Lipinski definition) is 1. The number of nitrogens with one attached hydrogen (secondary N) is 1. The van der Waals surface area contributed by atoms with Gasteiger partial charge in [-0.25, -0.2) is 13.6 Å². The molecule has 0 unspecified atom stereocenters. The molecule has 1 N–H and O–H groups in total. The number of amides is 1. The molecule has 5 heteroatoms. The van der Waals surface area contributed by atoms with Crippen LogP contribution in [0.1, 0.15) is 26.3 Å². The first kappa shape index (κ1) is 16.1. The molecule has 20 heavy (non-hydrogen) atoms. The fourth-order valence-electron chi connectivity index (χ4n) is 1.55. The molecule has 0 fully saturated rings. The third kappa shape index (κ3) is 6.31. The normalized spacial score (nSPS) is 12.2. The van der Waals surface area contributed by atoms with Crippen molar-refractivity contribution in [3.05, 3.63) is 47.5 Å². The quantitative estimate of drug-likeness (QED) is 0.914. The molecule has 0 spiro atoms. The Morgan fingerprint density at radius 3 is 2.65 bits per heavy atom. The summed E-state index contributed by atoms with van der Waals surface area (Å²) in [7, 11) is 0. The minimum Gasteiger partial charge on any atom is -0.444 e. The predicted molar refractivity (Wildman–Crippen MR) is 73.5 cm³/mol. The van der Waals surface area contributed by atoms with Crippen LogP contribution in [0.15, 0.2) is 36.2 Å². The molecule has 0 saturated carbocycles. The van der Waals surface area contributed by atoms with E-state index >= 15 is 0 Å².